The van der Waals surface area contributed by atoms with Crippen molar-refractivity contribution in [1.82, 2.24) is 14.5 Å². The number of pyridine rings is 2. The number of thiophene rings is 1. The molecule has 3 heterocycles. The molecule has 44 heavy (non-hydrogen) atoms. The van der Waals surface area contributed by atoms with E-state index < -0.39 is 23.5 Å². The predicted molar refractivity (Wildman–Crippen MR) is 168 cm³/mol. The normalized spacial score (nSPS) is 11.8. The number of hydrogen-bond donors (Lipinski definition) is 2. The first kappa shape index (κ1) is 30.4. The Kier molecular flexibility index (Phi) is 9.02. The van der Waals surface area contributed by atoms with E-state index in [0.29, 0.717) is 40.5 Å². The number of aromatic nitrogens is 2. The van der Waals surface area contributed by atoms with Crippen molar-refractivity contribution in [2.45, 2.75) is 12.5 Å². The summed E-state index contributed by atoms with van der Waals surface area (Å²) in [5.74, 6) is -3.26. The van der Waals surface area contributed by atoms with Gasteiger partial charge in [-0.15, -0.1) is 11.3 Å². The summed E-state index contributed by atoms with van der Waals surface area (Å²) < 4.78 is 28.9. The zero-order valence-electron chi connectivity index (χ0n) is 24.2. The summed E-state index contributed by atoms with van der Waals surface area (Å²) in [6, 6.07) is 17.3. The predicted octanol–water partition coefficient (Wildman–Crippen LogP) is 4.83. The van der Waals surface area contributed by atoms with Crippen molar-refractivity contribution >= 4 is 39.1 Å². The number of rotatable bonds is 11. The van der Waals surface area contributed by atoms with Crippen LogP contribution in [0.25, 0.3) is 20.7 Å². The highest BCUT2D eigenvalue weighted by Gasteiger charge is 2.28. The topological polar surface area (TPSA) is 129 Å². The fourth-order valence-electron chi connectivity index (χ4n) is 4.59. The van der Waals surface area contributed by atoms with Crippen LogP contribution in [-0.4, -0.2) is 54.0 Å². The van der Waals surface area contributed by atoms with E-state index in [1.54, 1.807) is 47.2 Å². The number of carbonyl (C=O) groups excluding carboxylic acids is 2. The first-order valence-electron chi connectivity index (χ1n) is 13.6. The lowest BCUT2D eigenvalue weighted by Gasteiger charge is -2.16. The maximum absolute atomic E-state index is 15.4. The third-order valence-corrected chi connectivity index (χ3v) is 8.04. The smallest absolute Gasteiger partial charge is 0.250 e. The maximum atomic E-state index is 15.4. The molecule has 0 saturated heterocycles. The lowest BCUT2D eigenvalue weighted by atomic mass is 9.97. The molecule has 0 fully saturated rings. The second-order valence-corrected chi connectivity index (χ2v) is 11.3. The van der Waals surface area contributed by atoms with Crippen molar-refractivity contribution in [1.29, 1.82) is 0 Å². The number of fused-ring (bicyclic) bond motifs is 1. The Bertz CT molecular complexity index is 1900. The van der Waals surface area contributed by atoms with Crippen LogP contribution in [0.5, 0.6) is 17.2 Å². The minimum Gasteiger partial charge on any atom is -0.495 e. The molecule has 0 aliphatic carbocycles. The van der Waals surface area contributed by atoms with E-state index in [1.165, 1.54) is 36.6 Å². The van der Waals surface area contributed by atoms with Crippen LogP contribution in [0.1, 0.15) is 11.5 Å². The van der Waals surface area contributed by atoms with Crippen LogP contribution in [0.2, 0.25) is 0 Å². The second-order valence-electron chi connectivity index (χ2n) is 10.2. The molecule has 0 aliphatic rings. The van der Waals surface area contributed by atoms with E-state index in [4.69, 9.17) is 15.2 Å². The van der Waals surface area contributed by atoms with Crippen molar-refractivity contribution in [3.63, 3.8) is 0 Å². The molecule has 5 aromatic rings. The van der Waals surface area contributed by atoms with Crippen molar-refractivity contribution in [2.24, 2.45) is 5.73 Å². The Balaban J connectivity index is 1.40. The summed E-state index contributed by atoms with van der Waals surface area (Å²) in [6.07, 6.45) is 3.37. The molecule has 1 unspecified atom stereocenters. The van der Waals surface area contributed by atoms with Gasteiger partial charge in [-0.3, -0.25) is 19.4 Å². The molecular formula is C32H30FN5O5S. The van der Waals surface area contributed by atoms with Gasteiger partial charge < -0.3 is 30.0 Å². The number of amides is 2. The number of nitrogens with zero attached hydrogens (tertiary/aromatic N) is 3. The summed E-state index contributed by atoms with van der Waals surface area (Å²) in [6.45, 7) is 1.26. The van der Waals surface area contributed by atoms with Crippen LogP contribution >= 0.6 is 11.3 Å². The Labute approximate surface area is 256 Å². The van der Waals surface area contributed by atoms with E-state index in [1.807, 2.05) is 31.3 Å². The molecule has 0 spiro atoms. The molecule has 5 rings (SSSR count). The number of para-hydroxylation sites is 2. The molecule has 1 atom stereocenters. The van der Waals surface area contributed by atoms with E-state index >= 15 is 4.39 Å². The maximum Gasteiger partial charge on any atom is 0.250 e. The van der Waals surface area contributed by atoms with Gasteiger partial charge in [-0.05, 0) is 56.1 Å². The Hall–Kier alpha value is -5.07. The number of halogens is 1. The average molecular weight is 616 g/mol. The van der Waals surface area contributed by atoms with Crippen LogP contribution < -0.4 is 26.1 Å². The Morgan fingerprint density at radius 3 is 2.59 bits per heavy atom. The van der Waals surface area contributed by atoms with Crippen LogP contribution in [0.4, 0.5) is 10.1 Å². The molecule has 0 bridgehead atoms. The molecule has 3 aromatic heterocycles. The minimum absolute atomic E-state index is 0.0671. The fourth-order valence-corrected chi connectivity index (χ4v) is 5.65. The number of benzene rings is 2. The molecule has 0 aliphatic heterocycles. The van der Waals surface area contributed by atoms with Crippen LogP contribution in [0.15, 0.2) is 83.9 Å². The number of hydrogen-bond acceptors (Lipinski definition) is 8. The Morgan fingerprint density at radius 2 is 1.86 bits per heavy atom. The number of carbonyl (C=O) groups is 2. The van der Waals surface area contributed by atoms with Gasteiger partial charge >= 0.3 is 0 Å². The van der Waals surface area contributed by atoms with Crippen LogP contribution in [0.3, 0.4) is 0 Å². The quantitative estimate of drug-likeness (QED) is 0.204. The molecule has 2 amide bonds. The SMILES string of the molecule is COc1ccccc1NC(=O)C(C(N)=O)c1ccc(Oc2ccnc3cc(-c4ccc(=O)n(CCN(C)C)c4)sc23)c(F)c1. The van der Waals surface area contributed by atoms with Gasteiger partial charge in [0.1, 0.15) is 17.4 Å². The highest BCUT2D eigenvalue weighted by atomic mass is 32.1. The Morgan fingerprint density at radius 1 is 1.07 bits per heavy atom. The van der Waals surface area contributed by atoms with E-state index in [9.17, 15) is 14.4 Å². The van der Waals surface area contributed by atoms with E-state index in [0.717, 1.165) is 16.5 Å². The van der Waals surface area contributed by atoms with Crippen LogP contribution in [-0.2, 0) is 16.1 Å². The van der Waals surface area contributed by atoms with Gasteiger partial charge in [-0.1, -0.05) is 18.2 Å². The van der Waals surface area contributed by atoms with Crippen molar-refractivity contribution in [3.8, 4) is 27.7 Å². The number of ether oxygens (including phenoxy) is 2. The van der Waals surface area contributed by atoms with Crippen molar-refractivity contribution in [2.75, 3.05) is 33.1 Å². The molecule has 226 valence electrons. The van der Waals surface area contributed by atoms with E-state index in [-0.39, 0.29) is 16.9 Å². The third-order valence-electron chi connectivity index (χ3n) is 6.85. The summed E-state index contributed by atoms with van der Waals surface area (Å²) in [5.41, 5.74) is 7.37. The first-order chi connectivity index (χ1) is 21.1. The summed E-state index contributed by atoms with van der Waals surface area (Å²) >= 11 is 1.40. The van der Waals surface area contributed by atoms with Gasteiger partial charge in [0.05, 0.1) is 23.0 Å². The molecule has 10 nitrogen and oxygen atoms in total. The second kappa shape index (κ2) is 13.1. The highest BCUT2D eigenvalue weighted by molar-refractivity contribution is 7.22. The zero-order valence-corrected chi connectivity index (χ0v) is 25.1. The van der Waals surface area contributed by atoms with Gasteiger partial charge in [-0.25, -0.2) is 4.39 Å². The lowest BCUT2D eigenvalue weighted by Crippen LogP contribution is -2.32. The largest absolute Gasteiger partial charge is 0.495 e. The number of methoxy groups -OCH3 is 1. The van der Waals surface area contributed by atoms with E-state index in [2.05, 4.69) is 10.3 Å². The highest BCUT2D eigenvalue weighted by Crippen LogP contribution is 2.39. The van der Waals surface area contributed by atoms with Crippen LogP contribution in [0, 0.1) is 5.82 Å². The summed E-state index contributed by atoms with van der Waals surface area (Å²) in [4.78, 5) is 45.0. The molecule has 3 N–H and O–H groups in total. The fraction of sp³-hybridized carbons (Fsp3) is 0.188. The monoisotopic (exact) mass is 615 g/mol. The first-order valence-corrected chi connectivity index (χ1v) is 14.4. The number of anilines is 1. The molecule has 0 radical (unpaired) electrons. The van der Waals surface area contributed by atoms with Gasteiger partial charge in [0.25, 0.3) is 5.56 Å². The molecular weight excluding hydrogens is 585 g/mol. The minimum atomic E-state index is -1.46. The van der Waals surface area contributed by atoms with Gasteiger partial charge in [0.2, 0.25) is 11.8 Å². The van der Waals surface area contributed by atoms with Crippen molar-refractivity contribution in [3.05, 3.63) is 101 Å². The van der Waals surface area contributed by atoms with Gasteiger partial charge in [0, 0.05) is 48.1 Å². The molecule has 2 aromatic carbocycles. The lowest BCUT2D eigenvalue weighted by molar-refractivity contribution is -0.127. The summed E-state index contributed by atoms with van der Waals surface area (Å²) in [7, 11) is 5.34. The number of nitrogens with one attached hydrogen (secondary N) is 1. The third kappa shape index (κ3) is 6.61. The zero-order chi connectivity index (χ0) is 31.4. The molecule has 0 saturated carbocycles. The summed E-state index contributed by atoms with van der Waals surface area (Å²) in [5, 5.41) is 2.62. The van der Waals surface area contributed by atoms with Crippen molar-refractivity contribution < 1.29 is 23.5 Å². The van der Waals surface area contributed by atoms with Gasteiger partial charge in [-0.2, -0.15) is 0 Å². The number of primary amides is 1. The molecule has 12 heteroatoms. The number of nitrogens with two attached hydrogens (primary N) is 1. The number of likely N-dealkylation sites (N-methyl/N-ethyl adjacent to an activating group) is 1. The average Bonchev–Trinajstić information content (AvgIpc) is 3.43. The van der Waals surface area contributed by atoms with Gasteiger partial charge in [0.15, 0.2) is 11.6 Å². The standard InChI is InChI=1S/C32H30FN5O5S/c1-37(2)14-15-38-18-20(9-11-28(38)39)27-17-23-30(44-27)26(12-13-35-23)43-24-10-8-19(16-21(24)33)29(31(34)40)32(41)36-22-6-4-5-7-25(22)42-3/h4-13,16-18,29H,14-15H2,1-3H3,(H2,34,40)(H,36,41).